The van der Waals surface area contributed by atoms with Crippen LogP contribution >= 0.6 is 0 Å². The van der Waals surface area contributed by atoms with Gasteiger partial charge >= 0.3 is 0 Å². The monoisotopic (exact) mass is 270 g/mol. The zero-order valence-corrected chi connectivity index (χ0v) is 11.4. The number of hydrogen-bond acceptors (Lipinski definition) is 6. The molecule has 2 rings (SSSR count). The lowest BCUT2D eigenvalue weighted by atomic mass is 10.3. The quantitative estimate of drug-likeness (QED) is 0.709. The molecule has 6 heteroatoms. The molecule has 2 heterocycles. The molecular formula is C13H22N2O4. The van der Waals surface area contributed by atoms with Crippen LogP contribution in [0.3, 0.4) is 0 Å². The molecule has 1 aliphatic heterocycles. The molecule has 0 aliphatic carbocycles. The van der Waals surface area contributed by atoms with E-state index in [0.717, 1.165) is 44.2 Å². The van der Waals surface area contributed by atoms with Crippen molar-refractivity contribution in [3.05, 3.63) is 17.8 Å². The minimum atomic E-state index is -0.102. The van der Waals surface area contributed by atoms with Crippen molar-refractivity contribution in [2.75, 3.05) is 46.6 Å². The molecule has 0 aromatic carbocycles. The van der Waals surface area contributed by atoms with E-state index in [9.17, 15) is 0 Å². The first-order valence-corrected chi connectivity index (χ1v) is 6.73. The summed E-state index contributed by atoms with van der Waals surface area (Å²) in [5, 5.41) is 3.29. The number of rotatable bonds is 8. The molecule has 108 valence electrons. The molecule has 1 unspecified atom stereocenters. The van der Waals surface area contributed by atoms with Crippen molar-refractivity contribution >= 4 is 0 Å². The van der Waals surface area contributed by atoms with E-state index in [1.807, 2.05) is 0 Å². The van der Waals surface area contributed by atoms with Gasteiger partial charge in [0.05, 0.1) is 32.6 Å². The van der Waals surface area contributed by atoms with Gasteiger partial charge in [-0.25, -0.2) is 4.98 Å². The van der Waals surface area contributed by atoms with Crippen LogP contribution in [0.1, 0.15) is 24.2 Å². The Morgan fingerprint density at radius 3 is 3.16 bits per heavy atom. The van der Waals surface area contributed by atoms with Crippen molar-refractivity contribution in [3.8, 4) is 0 Å². The van der Waals surface area contributed by atoms with Crippen LogP contribution in [0.25, 0.3) is 0 Å². The van der Waals surface area contributed by atoms with E-state index in [0.29, 0.717) is 19.8 Å². The van der Waals surface area contributed by atoms with Crippen molar-refractivity contribution in [3.63, 3.8) is 0 Å². The molecule has 0 radical (unpaired) electrons. The number of oxazole rings is 1. The maximum absolute atomic E-state index is 5.68. The van der Waals surface area contributed by atoms with E-state index in [4.69, 9.17) is 18.6 Å². The molecule has 1 saturated heterocycles. The van der Waals surface area contributed by atoms with Gasteiger partial charge in [-0.15, -0.1) is 0 Å². The average molecular weight is 270 g/mol. The Hall–Kier alpha value is -0.950. The summed E-state index contributed by atoms with van der Waals surface area (Å²) >= 11 is 0. The highest BCUT2D eigenvalue weighted by molar-refractivity contribution is 4.99. The average Bonchev–Trinajstić information content (AvgIpc) is 2.92. The van der Waals surface area contributed by atoms with E-state index < -0.39 is 0 Å². The molecular weight excluding hydrogens is 248 g/mol. The topological polar surface area (TPSA) is 65.8 Å². The van der Waals surface area contributed by atoms with Crippen LogP contribution in [0, 0.1) is 0 Å². The number of ether oxygens (including phenoxy) is 3. The summed E-state index contributed by atoms with van der Waals surface area (Å²) in [6, 6.07) is 0. The van der Waals surface area contributed by atoms with Gasteiger partial charge in [0.15, 0.2) is 11.7 Å². The molecule has 19 heavy (non-hydrogen) atoms. The fourth-order valence-corrected chi connectivity index (χ4v) is 1.90. The molecule has 0 bridgehead atoms. The third kappa shape index (κ3) is 4.91. The van der Waals surface area contributed by atoms with Gasteiger partial charge in [-0.1, -0.05) is 0 Å². The molecule has 1 atom stereocenters. The summed E-state index contributed by atoms with van der Waals surface area (Å²) in [5.41, 5.74) is 0. The molecule has 1 aliphatic rings. The summed E-state index contributed by atoms with van der Waals surface area (Å²) in [4.78, 5) is 4.27. The van der Waals surface area contributed by atoms with E-state index in [2.05, 4.69) is 10.3 Å². The molecule has 0 saturated carbocycles. The minimum Gasteiger partial charge on any atom is -0.443 e. The molecule has 0 spiro atoms. The van der Waals surface area contributed by atoms with Gasteiger partial charge in [-0.2, -0.15) is 0 Å². The second-order valence-electron chi connectivity index (χ2n) is 4.44. The molecule has 1 aromatic heterocycles. The van der Waals surface area contributed by atoms with E-state index >= 15 is 0 Å². The second kappa shape index (κ2) is 8.27. The highest BCUT2D eigenvalue weighted by Gasteiger charge is 2.20. The van der Waals surface area contributed by atoms with Crippen LogP contribution in [-0.4, -0.2) is 51.6 Å². The smallest absolute Gasteiger partial charge is 0.194 e. The Balaban J connectivity index is 1.66. The van der Waals surface area contributed by atoms with Crippen molar-refractivity contribution in [1.29, 1.82) is 0 Å². The number of hydrogen-bond donors (Lipinski definition) is 1. The lowest BCUT2D eigenvalue weighted by molar-refractivity contribution is -0.0978. The van der Waals surface area contributed by atoms with Gasteiger partial charge in [0.2, 0.25) is 0 Å². The van der Waals surface area contributed by atoms with Gasteiger partial charge in [-0.3, -0.25) is 0 Å². The zero-order chi connectivity index (χ0) is 13.3. The van der Waals surface area contributed by atoms with E-state index in [1.54, 1.807) is 13.3 Å². The fourth-order valence-electron chi connectivity index (χ4n) is 1.90. The van der Waals surface area contributed by atoms with Crippen molar-refractivity contribution in [2.45, 2.75) is 18.9 Å². The van der Waals surface area contributed by atoms with Crippen LogP contribution in [0.2, 0.25) is 0 Å². The summed E-state index contributed by atoms with van der Waals surface area (Å²) in [6.07, 6.45) is 3.46. The zero-order valence-electron chi connectivity index (χ0n) is 11.4. The van der Waals surface area contributed by atoms with E-state index in [1.165, 1.54) is 0 Å². The predicted octanol–water partition coefficient (Wildman–Crippen LogP) is 0.931. The van der Waals surface area contributed by atoms with Crippen LogP contribution in [0.15, 0.2) is 10.6 Å². The van der Waals surface area contributed by atoms with Crippen LogP contribution < -0.4 is 5.32 Å². The SMILES string of the molecule is COCCNCCCc1ncc(C2COCCO2)o1. The number of nitrogens with one attached hydrogen (secondary N) is 1. The first-order chi connectivity index (χ1) is 9.40. The van der Waals surface area contributed by atoms with Gasteiger partial charge in [-0.05, 0) is 13.0 Å². The second-order valence-corrected chi connectivity index (χ2v) is 4.44. The van der Waals surface area contributed by atoms with Gasteiger partial charge < -0.3 is 23.9 Å². The highest BCUT2D eigenvalue weighted by atomic mass is 16.6. The number of nitrogens with zero attached hydrogens (tertiary/aromatic N) is 1. The van der Waals surface area contributed by atoms with E-state index in [-0.39, 0.29) is 6.10 Å². The summed E-state index contributed by atoms with van der Waals surface area (Å²) in [7, 11) is 1.70. The van der Waals surface area contributed by atoms with Gasteiger partial charge in [0, 0.05) is 20.1 Å². The molecule has 1 fully saturated rings. The Morgan fingerprint density at radius 2 is 2.37 bits per heavy atom. The molecule has 1 N–H and O–H groups in total. The Bertz CT molecular complexity index is 350. The number of methoxy groups -OCH3 is 1. The number of aromatic nitrogens is 1. The molecule has 1 aromatic rings. The third-order valence-electron chi connectivity index (χ3n) is 2.93. The predicted molar refractivity (Wildman–Crippen MR) is 69.1 cm³/mol. The highest BCUT2D eigenvalue weighted by Crippen LogP contribution is 2.21. The standard InChI is InChI=1S/C13H22N2O4/c1-16-6-5-14-4-2-3-13-15-9-11(19-13)12-10-17-7-8-18-12/h9,12,14H,2-8,10H2,1H3. The maximum atomic E-state index is 5.68. The Morgan fingerprint density at radius 1 is 1.42 bits per heavy atom. The fraction of sp³-hybridized carbons (Fsp3) is 0.769. The van der Waals surface area contributed by atoms with Crippen LogP contribution in [-0.2, 0) is 20.6 Å². The lowest BCUT2D eigenvalue weighted by Gasteiger charge is -2.20. The Labute approximate surface area is 113 Å². The van der Waals surface area contributed by atoms with Gasteiger partial charge in [0.25, 0.3) is 0 Å². The van der Waals surface area contributed by atoms with Crippen molar-refractivity contribution in [2.24, 2.45) is 0 Å². The van der Waals surface area contributed by atoms with Crippen molar-refractivity contribution < 1.29 is 18.6 Å². The van der Waals surface area contributed by atoms with Gasteiger partial charge in [0.1, 0.15) is 6.10 Å². The maximum Gasteiger partial charge on any atom is 0.194 e. The van der Waals surface area contributed by atoms with Crippen LogP contribution in [0.4, 0.5) is 0 Å². The normalized spacial score (nSPS) is 19.7. The van der Waals surface area contributed by atoms with Crippen LogP contribution in [0.5, 0.6) is 0 Å². The first-order valence-electron chi connectivity index (χ1n) is 6.73. The summed E-state index contributed by atoms with van der Waals surface area (Å²) in [5.74, 6) is 1.53. The molecule has 0 amide bonds. The number of aryl methyl sites for hydroxylation is 1. The summed E-state index contributed by atoms with van der Waals surface area (Å²) < 4.78 is 21.5. The van der Waals surface area contributed by atoms with Crippen molar-refractivity contribution in [1.82, 2.24) is 10.3 Å². The summed E-state index contributed by atoms with van der Waals surface area (Å²) in [6.45, 7) is 4.37. The third-order valence-corrected chi connectivity index (χ3v) is 2.93. The Kier molecular flexibility index (Phi) is 6.29. The molecule has 6 nitrogen and oxygen atoms in total. The largest absolute Gasteiger partial charge is 0.443 e. The minimum absolute atomic E-state index is 0.102. The first kappa shape index (κ1) is 14.5. The lowest BCUT2D eigenvalue weighted by Crippen LogP contribution is -2.21.